The summed E-state index contributed by atoms with van der Waals surface area (Å²) >= 11 is 8.12. The highest BCUT2D eigenvalue weighted by Crippen LogP contribution is 2.53. The molecule has 0 saturated heterocycles. The lowest BCUT2D eigenvalue weighted by molar-refractivity contribution is 0.722. The number of hydrogen-bond acceptors (Lipinski definition) is 5. The van der Waals surface area contributed by atoms with Crippen LogP contribution in [0.2, 0.25) is 0 Å². The highest BCUT2D eigenvalue weighted by Gasteiger charge is 2.45. The van der Waals surface area contributed by atoms with Crippen LogP contribution >= 0.6 is 45.3 Å². The first kappa shape index (κ1) is 23.1. The molecule has 2 aliphatic rings. The zero-order valence-electron chi connectivity index (χ0n) is 20.6. The summed E-state index contributed by atoms with van der Waals surface area (Å²) in [4.78, 5) is 14.8. The van der Waals surface area contributed by atoms with Crippen molar-refractivity contribution in [3.8, 4) is 19.5 Å². The molecule has 6 heteroatoms. The van der Waals surface area contributed by atoms with Gasteiger partial charge in [-0.25, -0.2) is 0 Å². The average Bonchev–Trinajstić information content (AvgIpc) is 3.57. The van der Waals surface area contributed by atoms with Crippen molar-refractivity contribution < 1.29 is 0 Å². The number of aryl methyl sites for hydroxylation is 4. The molecule has 0 radical (unpaired) electrons. The van der Waals surface area contributed by atoms with E-state index in [1.54, 1.807) is 20.1 Å². The van der Waals surface area contributed by atoms with Gasteiger partial charge in [-0.2, -0.15) is 0 Å². The molecule has 0 aliphatic carbocycles. The molecule has 0 atom stereocenters. The SMILES string of the molecule is CCCCCc1cc2c(s1)-c1sc(CCCCC)cc1N1B2c2cc(C)sc2-c2sc(C)cc21. The second-order valence-corrected chi connectivity index (χ2v) is 14.6. The summed E-state index contributed by atoms with van der Waals surface area (Å²) in [5.41, 5.74) is 5.98. The monoisotopic (exact) mass is 521 g/mol. The average molecular weight is 522 g/mol. The van der Waals surface area contributed by atoms with E-state index in [0.29, 0.717) is 6.85 Å². The van der Waals surface area contributed by atoms with Gasteiger partial charge in [-0.3, -0.25) is 0 Å². The summed E-state index contributed by atoms with van der Waals surface area (Å²) in [6, 6.07) is 10.0. The van der Waals surface area contributed by atoms with Gasteiger partial charge in [0.15, 0.2) is 0 Å². The summed E-state index contributed by atoms with van der Waals surface area (Å²) in [5.74, 6) is 0. The minimum Gasteiger partial charge on any atom is -0.374 e. The van der Waals surface area contributed by atoms with Crippen molar-refractivity contribution in [2.75, 3.05) is 4.81 Å². The van der Waals surface area contributed by atoms with Crippen molar-refractivity contribution in [3.63, 3.8) is 0 Å². The van der Waals surface area contributed by atoms with Gasteiger partial charge in [0.05, 0.1) is 9.75 Å². The number of thiophene rings is 4. The Balaban J connectivity index is 1.53. The third-order valence-corrected chi connectivity index (χ3v) is 12.0. The molecule has 0 fully saturated rings. The van der Waals surface area contributed by atoms with Crippen LogP contribution in [0.4, 0.5) is 11.4 Å². The predicted molar refractivity (Wildman–Crippen MR) is 158 cm³/mol. The molecule has 4 aromatic heterocycles. The molecule has 1 nitrogen and oxygen atoms in total. The fraction of sp³-hybridized carbons (Fsp3) is 0.429. The van der Waals surface area contributed by atoms with Gasteiger partial charge in [0, 0.05) is 40.6 Å². The predicted octanol–water partition coefficient (Wildman–Crippen LogP) is 8.92. The molecule has 6 heterocycles. The molecule has 176 valence electrons. The first-order valence-corrected chi connectivity index (χ1v) is 16.1. The third-order valence-electron chi connectivity index (χ3n) is 7.13. The van der Waals surface area contributed by atoms with Crippen LogP contribution in [0.1, 0.15) is 71.9 Å². The molecule has 0 bridgehead atoms. The quantitative estimate of drug-likeness (QED) is 0.165. The highest BCUT2D eigenvalue weighted by molar-refractivity contribution is 7.27. The highest BCUT2D eigenvalue weighted by atomic mass is 32.1. The van der Waals surface area contributed by atoms with Crippen molar-refractivity contribution >= 4 is 74.5 Å². The standard InChI is InChI=1S/C28H32BNS4/c1-5-7-9-11-19-15-22-26(33-19)28-24(16-20(34-28)12-10-8-6-2)30-23-14-18(4)32-27(23)25-21(29(22)30)13-17(3)31-25/h13-16H,5-12H2,1-4H3. The van der Waals surface area contributed by atoms with Crippen LogP contribution in [-0.2, 0) is 12.8 Å². The van der Waals surface area contributed by atoms with E-state index < -0.39 is 0 Å². The summed E-state index contributed by atoms with van der Waals surface area (Å²) in [5, 5.41) is 0. The maximum Gasteiger partial charge on any atom is 0.331 e. The van der Waals surface area contributed by atoms with Gasteiger partial charge >= 0.3 is 6.85 Å². The van der Waals surface area contributed by atoms with Crippen molar-refractivity contribution in [1.29, 1.82) is 0 Å². The first-order chi connectivity index (χ1) is 16.6. The Hall–Kier alpha value is -1.34. The van der Waals surface area contributed by atoms with E-state index in [1.807, 2.05) is 22.7 Å². The smallest absolute Gasteiger partial charge is 0.331 e. The second kappa shape index (κ2) is 9.27. The third kappa shape index (κ3) is 3.76. The molecular formula is C28H32BNS4. The molecule has 0 saturated carbocycles. The van der Waals surface area contributed by atoms with Gasteiger partial charge in [0.1, 0.15) is 0 Å². The second-order valence-electron chi connectivity index (χ2n) is 9.82. The fourth-order valence-corrected chi connectivity index (χ4v) is 10.4. The molecule has 0 amide bonds. The van der Waals surface area contributed by atoms with E-state index in [4.69, 9.17) is 0 Å². The van der Waals surface area contributed by atoms with E-state index >= 15 is 0 Å². The zero-order valence-corrected chi connectivity index (χ0v) is 23.9. The van der Waals surface area contributed by atoms with Crippen LogP contribution in [-0.4, -0.2) is 6.85 Å². The molecule has 0 spiro atoms. The summed E-state index contributed by atoms with van der Waals surface area (Å²) in [7, 11) is 0. The topological polar surface area (TPSA) is 3.24 Å². The summed E-state index contributed by atoms with van der Waals surface area (Å²) in [6.45, 7) is 9.48. The molecule has 6 rings (SSSR count). The first-order valence-electron chi connectivity index (χ1n) is 12.8. The number of unbranched alkanes of at least 4 members (excludes halogenated alkanes) is 4. The Labute approximate surface area is 220 Å². The van der Waals surface area contributed by atoms with Crippen LogP contribution in [0, 0.1) is 13.8 Å². The van der Waals surface area contributed by atoms with Crippen molar-refractivity contribution in [1.82, 2.24) is 0 Å². The minimum atomic E-state index is 0.318. The van der Waals surface area contributed by atoms with E-state index in [-0.39, 0.29) is 0 Å². The summed E-state index contributed by atoms with van der Waals surface area (Å²) in [6.07, 6.45) is 10.3. The van der Waals surface area contributed by atoms with Gasteiger partial charge in [-0.1, -0.05) is 51.7 Å². The lowest BCUT2D eigenvalue weighted by Crippen LogP contribution is -2.58. The van der Waals surface area contributed by atoms with Crippen molar-refractivity contribution in [3.05, 3.63) is 43.8 Å². The number of rotatable bonds is 8. The largest absolute Gasteiger partial charge is 0.374 e. The van der Waals surface area contributed by atoms with E-state index in [1.165, 1.54) is 92.6 Å². The van der Waals surface area contributed by atoms with Crippen LogP contribution in [0.5, 0.6) is 0 Å². The van der Waals surface area contributed by atoms with Gasteiger partial charge in [-0.15, -0.1) is 45.3 Å². The van der Waals surface area contributed by atoms with E-state index in [0.717, 1.165) is 0 Å². The number of anilines is 2. The lowest BCUT2D eigenvalue weighted by atomic mass is 9.46. The maximum atomic E-state index is 2.72. The van der Waals surface area contributed by atoms with Crippen LogP contribution in [0.15, 0.2) is 24.3 Å². The summed E-state index contributed by atoms with van der Waals surface area (Å²) < 4.78 is 0. The normalized spacial score (nSPS) is 13.5. The van der Waals surface area contributed by atoms with E-state index in [2.05, 4.69) is 79.4 Å². The zero-order chi connectivity index (χ0) is 23.4. The van der Waals surface area contributed by atoms with Crippen molar-refractivity contribution in [2.45, 2.75) is 79.1 Å². The van der Waals surface area contributed by atoms with Crippen molar-refractivity contribution in [2.24, 2.45) is 0 Å². The fourth-order valence-electron chi connectivity index (χ4n) is 5.57. The maximum absolute atomic E-state index is 2.72. The van der Waals surface area contributed by atoms with Gasteiger partial charge < -0.3 is 4.81 Å². The molecule has 0 N–H and O–H groups in total. The van der Waals surface area contributed by atoms with Crippen LogP contribution < -0.4 is 15.7 Å². The van der Waals surface area contributed by atoms with Crippen LogP contribution in [0.3, 0.4) is 0 Å². The van der Waals surface area contributed by atoms with E-state index in [9.17, 15) is 0 Å². The lowest BCUT2D eigenvalue weighted by Gasteiger charge is -2.38. The Morgan fingerprint density at radius 2 is 1.15 bits per heavy atom. The van der Waals surface area contributed by atoms with Crippen LogP contribution in [0.25, 0.3) is 19.5 Å². The molecular weight excluding hydrogens is 489 g/mol. The minimum absolute atomic E-state index is 0.318. The Morgan fingerprint density at radius 1 is 0.618 bits per heavy atom. The molecule has 0 aromatic carbocycles. The number of fused-ring (bicyclic) bond motifs is 11. The Bertz CT molecular complexity index is 1230. The van der Waals surface area contributed by atoms with Gasteiger partial charge in [-0.05, 0) is 62.6 Å². The van der Waals surface area contributed by atoms with Gasteiger partial charge in [0.25, 0.3) is 0 Å². The van der Waals surface area contributed by atoms with Gasteiger partial charge in [0.2, 0.25) is 0 Å². The number of nitrogens with zero attached hydrogens (tertiary/aromatic N) is 1. The Morgan fingerprint density at radius 3 is 1.88 bits per heavy atom. The molecule has 4 aromatic rings. The molecule has 34 heavy (non-hydrogen) atoms. The number of hydrogen-bond donors (Lipinski definition) is 0. The molecule has 0 unspecified atom stereocenters. The Kier molecular flexibility index (Phi) is 6.30. The molecule has 2 aliphatic heterocycles.